The van der Waals surface area contributed by atoms with Crippen LogP contribution in [0.4, 0.5) is 13.2 Å². The minimum atomic E-state index is -4.52. The van der Waals surface area contributed by atoms with Gasteiger partial charge in [-0.3, -0.25) is 4.79 Å². The Labute approximate surface area is 200 Å². The van der Waals surface area contributed by atoms with Gasteiger partial charge < -0.3 is 5.11 Å². The molecule has 0 spiro atoms. The van der Waals surface area contributed by atoms with Gasteiger partial charge in [0.15, 0.2) is 0 Å². The van der Waals surface area contributed by atoms with Crippen molar-refractivity contribution in [1.29, 1.82) is 0 Å². The highest BCUT2D eigenvalue weighted by Gasteiger charge is 2.31. The quantitative estimate of drug-likeness (QED) is 0.378. The number of carbonyl (C=O) groups is 1. The van der Waals surface area contributed by atoms with Crippen LogP contribution < -0.4 is 4.72 Å². The van der Waals surface area contributed by atoms with Crippen LogP contribution in [-0.4, -0.2) is 19.5 Å². The lowest BCUT2D eigenvalue weighted by Gasteiger charge is -2.21. The van der Waals surface area contributed by atoms with E-state index in [1.165, 1.54) is 36.4 Å². The number of sulfonamides is 1. The van der Waals surface area contributed by atoms with Gasteiger partial charge in [-0.1, -0.05) is 48.0 Å². The average Bonchev–Trinajstić information content (AvgIpc) is 2.78. The van der Waals surface area contributed by atoms with Crippen molar-refractivity contribution in [3.63, 3.8) is 0 Å². The van der Waals surface area contributed by atoms with Crippen LogP contribution in [0.1, 0.15) is 41.1 Å². The zero-order valence-corrected chi connectivity index (χ0v) is 19.3. The molecule has 180 valence electrons. The maximum absolute atomic E-state index is 13.0. The van der Waals surface area contributed by atoms with Gasteiger partial charge in [-0.15, -0.1) is 0 Å². The minimum Gasteiger partial charge on any atom is -0.481 e. The number of hydrogen-bond donors (Lipinski definition) is 2. The number of carboxylic acids is 1. The van der Waals surface area contributed by atoms with Gasteiger partial charge in [0.05, 0.1) is 16.5 Å². The van der Waals surface area contributed by atoms with E-state index in [0.29, 0.717) is 29.0 Å². The molecule has 0 saturated carbocycles. The molecular weight excluding hydrogens is 491 g/mol. The molecule has 0 aliphatic carbocycles. The first-order chi connectivity index (χ1) is 16.0. The summed E-state index contributed by atoms with van der Waals surface area (Å²) in [5.74, 6) is -0.893. The number of benzene rings is 3. The lowest BCUT2D eigenvalue weighted by Crippen LogP contribution is -2.29. The fourth-order valence-electron chi connectivity index (χ4n) is 3.35. The summed E-state index contributed by atoms with van der Waals surface area (Å²) in [6, 6.07) is 15.7. The molecule has 3 aromatic rings. The summed E-state index contributed by atoms with van der Waals surface area (Å²) >= 11 is 5.84. The van der Waals surface area contributed by atoms with Crippen LogP contribution in [-0.2, 0) is 27.4 Å². The molecule has 0 aromatic heterocycles. The number of aliphatic carboxylic acids is 1. The Bertz CT molecular complexity index is 1230. The Balaban J connectivity index is 1.93. The third-order valence-electron chi connectivity index (χ3n) is 5.14. The van der Waals surface area contributed by atoms with Crippen LogP contribution in [0.3, 0.4) is 0 Å². The first-order valence-electron chi connectivity index (χ1n) is 10.2. The molecule has 0 heterocycles. The van der Waals surface area contributed by atoms with E-state index in [4.69, 9.17) is 16.7 Å². The molecular formula is C24H21ClF3NO4S. The maximum atomic E-state index is 13.0. The lowest BCUT2D eigenvalue weighted by molar-refractivity contribution is -0.138. The summed E-state index contributed by atoms with van der Waals surface area (Å²) in [5, 5.41) is 9.14. The summed E-state index contributed by atoms with van der Waals surface area (Å²) in [4.78, 5) is 10.7. The predicted octanol–water partition coefficient (Wildman–Crippen LogP) is 5.83. The van der Waals surface area contributed by atoms with Gasteiger partial charge in [0.1, 0.15) is 0 Å². The Hall–Kier alpha value is -2.88. The second kappa shape index (κ2) is 10.6. The Kier molecular flexibility index (Phi) is 8.01. The number of nitrogens with one attached hydrogen (secondary N) is 1. The van der Waals surface area contributed by atoms with Crippen LogP contribution >= 0.6 is 11.6 Å². The highest BCUT2D eigenvalue weighted by molar-refractivity contribution is 7.89. The first-order valence-corrected chi connectivity index (χ1v) is 12.1. The molecule has 3 rings (SSSR count). The van der Waals surface area contributed by atoms with Crippen LogP contribution in [0.2, 0.25) is 5.02 Å². The molecule has 2 N–H and O–H groups in total. The third kappa shape index (κ3) is 6.82. The number of alkyl halides is 3. The monoisotopic (exact) mass is 511 g/mol. The van der Waals surface area contributed by atoms with Crippen molar-refractivity contribution in [1.82, 2.24) is 4.72 Å². The van der Waals surface area contributed by atoms with E-state index in [-0.39, 0.29) is 11.3 Å². The van der Waals surface area contributed by atoms with Crippen molar-refractivity contribution < 1.29 is 31.5 Å². The van der Waals surface area contributed by atoms with Crippen LogP contribution in [0.5, 0.6) is 0 Å². The van der Waals surface area contributed by atoms with Gasteiger partial charge in [-0.05, 0) is 65.9 Å². The maximum Gasteiger partial charge on any atom is 0.416 e. The fraction of sp³-hybridized carbons (Fsp3) is 0.208. The topological polar surface area (TPSA) is 83.5 Å². The van der Waals surface area contributed by atoms with Crippen LogP contribution in [0, 0.1) is 0 Å². The normalized spacial score (nSPS) is 12.9. The number of halogens is 4. The molecule has 1 unspecified atom stereocenters. The van der Waals surface area contributed by atoms with Crippen molar-refractivity contribution in [2.45, 2.75) is 36.4 Å². The van der Waals surface area contributed by atoms with Crippen molar-refractivity contribution in [2.75, 3.05) is 0 Å². The molecule has 0 aliphatic heterocycles. The van der Waals surface area contributed by atoms with Crippen LogP contribution in [0.25, 0.3) is 0 Å². The second-order valence-corrected chi connectivity index (χ2v) is 9.77. The molecule has 1 atom stereocenters. The first kappa shape index (κ1) is 25.7. The summed E-state index contributed by atoms with van der Waals surface area (Å²) < 4.78 is 67.6. The predicted molar refractivity (Wildman–Crippen MR) is 122 cm³/mol. The van der Waals surface area contributed by atoms with Crippen molar-refractivity contribution in [3.8, 4) is 0 Å². The highest BCUT2D eigenvalue weighted by Crippen LogP contribution is 2.32. The molecule has 10 heteroatoms. The van der Waals surface area contributed by atoms with Crippen LogP contribution in [0.15, 0.2) is 77.7 Å². The van der Waals surface area contributed by atoms with Gasteiger partial charge in [0, 0.05) is 11.4 Å². The largest absolute Gasteiger partial charge is 0.481 e. The number of hydrogen-bond acceptors (Lipinski definition) is 3. The fourth-order valence-corrected chi connectivity index (χ4v) is 4.69. The molecule has 0 amide bonds. The van der Waals surface area contributed by atoms with E-state index >= 15 is 0 Å². The summed E-state index contributed by atoms with van der Waals surface area (Å²) in [6.07, 6.45) is -3.53. The van der Waals surface area contributed by atoms with Gasteiger partial charge in [0.25, 0.3) is 0 Å². The van der Waals surface area contributed by atoms with Gasteiger partial charge in [-0.25, -0.2) is 8.42 Å². The Morgan fingerprint density at radius 3 is 1.94 bits per heavy atom. The standard InChI is InChI=1S/C24H21ClF3NO4S/c25-20-12-14-21(15-13-20)34(32,33)29-23(18-8-10-19(11-9-18)24(26,27)28)17-6-4-16(5-7-17)2-1-3-22(30)31/h4-15,23,29H,1-3H2,(H,30,31). The summed E-state index contributed by atoms with van der Waals surface area (Å²) in [6.45, 7) is 0. The summed E-state index contributed by atoms with van der Waals surface area (Å²) in [5.41, 5.74) is 0.851. The molecule has 3 aromatic carbocycles. The SMILES string of the molecule is O=C(O)CCCc1ccc(C(NS(=O)(=O)c2ccc(Cl)cc2)c2ccc(C(F)(F)F)cc2)cc1. The molecule has 0 bridgehead atoms. The van der Waals surface area contributed by atoms with Crippen molar-refractivity contribution in [2.24, 2.45) is 0 Å². The minimum absolute atomic E-state index is 0.0246. The smallest absolute Gasteiger partial charge is 0.416 e. The van der Waals surface area contributed by atoms with E-state index in [9.17, 15) is 26.4 Å². The zero-order chi connectivity index (χ0) is 24.9. The Morgan fingerprint density at radius 1 is 0.912 bits per heavy atom. The van der Waals surface area contributed by atoms with E-state index in [1.807, 2.05) is 0 Å². The second-order valence-electron chi connectivity index (χ2n) is 7.62. The van der Waals surface area contributed by atoms with E-state index in [1.54, 1.807) is 24.3 Å². The third-order valence-corrected chi connectivity index (χ3v) is 6.83. The van der Waals surface area contributed by atoms with Crippen molar-refractivity contribution in [3.05, 3.63) is 100 Å². The van der Waals surface area contributed by atoms with E-state index in [0.717, 1.165) is 17.7 Å². The number of rotatable bonds is 9. The Morgan fingerprint density at radius 2 is 1.44 bits per heavy atom. The number of aryl methyl sites for hydroxylation is 1. The number of carboxylic acid groups (broad SMARTS) is 1. The lowest BCUT2D eigenvalue weighted by atomic mass is 9.96. The highest BCUT2D eigenvalue weighted by atomic mass is 35.5. The van der Waals surface area contributed by atoms with Crippen molar-refractivity contribution >= 4 is 27.6 Å². The summed E-state index contributed by atoms with van der Waals surface area (Å²) in [7, 11) is -4.04. The molecule has 0 fully saturated rings. The molecule has 0 saturated heterocycles. The van der Waals surface area contributed by atoms with E-state index < -0.39 is 33.8 Å². The van der Waals surface area contributed by atoms with E-state index in [2.05, 4.69) is 4.72 Å². The zero-order valence-electron chi connectivity index (χ0n) is 17.7. The average molecular weight is 512 g/mol. The van der Waals surface area contributed by atoms with Gasteiger partial charge in [0.2, 0.25) is 10.0 Å². The molecule has 0 aliphatic rings. The van der Waals surface area contributed by atoms with Gasteiger partial charge >= 0.3 is 12.1 Å². The van der Waals surface area contributed by atoms with Gasteiger partial charge in [-0.2, -0.15) is 17.9 Å². The molecule has 0 radical (unpaired) electrons. The molecule has 5 nitrogen and oxygen atoms in total. The molecule has 34 heavy (non-hydrogen) atoms.